The first-order valence-electron chi connectivity index (χ1n) is 11.0. The van der Waals surface area contributed by atoms with Crippen molar-refractivity contribution in [2.24, 2.45) is 5.92 Å². The van der Waals surface area contributed by atoms with Crippen LogP contribution in [0.5, 0.6) is 0 Å². The smallest absolute Gasteiger partial charge is 0.398 e. The van der Waals surface area contributed by atoms with Gasteiger partial charge < -0.3 is 21.7 Å². The quantitative estimate of drug-likeness (QED) is 0.296. The van der Waals surface area contributed by atoms with Crippen LogP contribution in [0.1, 0.15) is 22.3 Å². The second kappa shape index (κ2) is 11.5. The van der Waals surface area contributed by atoms with Crippen molar-refractivity contribution in [1.82, 2.24) is 16.0 Å². The van der Waals surface area contributed by atoms with Gasteiger partial charge in [-0.3, -0.25) is 9.59 Å². The molecule has 0 radical (unpaired) electrons. The first kappa shape index (κ1) is 27.8. The number of thioether (sulfide) groups is 1. The number of nitrogen functional groups attached to an aromatic ring is 1. The summed E-state index contributed by atoms with van der Waals surface area (Å²) in [5, 5.41) is 8.10. The number of halogens is 3. The topological polar surface area (TPSA) is 130 Å². The van der Waals surface area contributed by atoms with Crippen LogP contribution in [0.25, 0.3) is 0 Å². The molecule has 2 amide bonds. The second-order valence-corrected chi connectivity index (χ2v) is 11.3. The lowest BCUT2D eigenvalue weighted by molar-refractivity contribution is -0.137. The maximum absolute atomic E-state index is 12.9. The fourth-order valence-electron chi connectivity index (χ4n) is 3.89. The van der Waals surface area contributed by atoms with E-state index < -0.39 is 51.5 Å². The molecule has 0 spiro atoms. The number of rotatable bonds is 8. The molecule has 1 fully saturated rings. The van der Waals surface area contributed by atoms with Gasteiger partial charge >= 0.3 is 6.18 Å². The third kappa shape index (κ3) is 7.14. The fraction of sp³-hybridized carbons (Fsp3) is 0.391. The van der Waals surface area contributed by atoms with Gasteiger partial charge in [-0.1, -0.05) is 0 Å². The van der Waals surface area contributed by atoms with Crippen LogP contribution in [0.2, 0.25) is 0 Å². The van der Waals surface area contributed by atoms with E-state index in [2.05, 4.69) is 16.0 Å². The van der Waals surface area contributed by atoms with E-state index in [1.54, 1.807) is 24.3 Å². The first-order valence-corrected chi connectivity index (χ1v) is 13.9. The Morgan fingerprint density at radius 3 is 2.50 bits per heavy atom. The number of nitrogens with two attached hydrogens (primary N) is 1. The fourth-order valence-corrected chi connectivity index (χ4v) is 6.00. The van der Waals surface area contributed by atoms with E-state index in [1.807, 2.05) is 6.26 Å². The molecule has 0 saturated carbocycles. The van der Waals surface area contributed by atoms with E-state index in [1.165, 1.54) is 11.8 Å². The summed E-state index contributed by atoms with van der Waals surface area (Å²) in [6.07, 6.45) is -2.25. The van der Waals surface area contributed by atoms with Gasteiger partial charge in [0.05, 0.1) is 28.3 Å². The number of amides is 2. The zero-order valence-corrected chi connectivity index (χ0v) is 21.0. The summed E-state index contributed by atoms with van der Waals surface area (Å²) in [6, 6.07) is 8.45. The Labute approximate surface area is 211 Å². The van der Waals surface area contributed by atoms with E-state index in [-0.39, 0.29) is 22.3 Å². The van der Waals surface area contributed by atoms with Gasteiger partial charge in [0.25, 0.3) is 5.91 Å². The van der Waals surface area contributed by atoms with E-state index in [0.717, 1.165) is 17.0 Å². The van der Waals surface area contributed by atoms with Crippen LogP contribution in [0.15, 0.2) is 52.3 Å². The average molecular weight is 545 g/mol. The number of anilines is 1. The highest BCUT2D eigenvalue weighted by molar-refractivity contribution is 7.98. The standard InChI is InChI=1S/C23H27F3N4O4S2/c1-35-16-3-5-17(6-4-16)36(33,34)13-14-8-9-28-11-20(14)30-21(31)12-29-22(32)18-10-15(23(24,25)26)2-7-19(18)27/h2-7,10,14,20,28H,8-9,11-13,27H2,1H3,(H,29,32)(H,30,31)/t14-,20-/m0/s1. The molecule has 5 N–H and O–H groups in total. The lowest BCUT2D eigenvalue weighted by atomic mass is 9.94. The summed E-state index contributed by atoms with van der Waals surface area (Å²) in [6.45, 7) is 0.413. The molecule has 0 aliphatic carbocycles. The monoisotopic (exact) mass is 544 g/mol. The lowest BCUT2D eigenvalue weighted by Gasteiger charge is -2.32. The highest BCUT2D eigenvalue weighted by atomic mass is 32.2. The molecule has 0 bridgehead atoms. The van der Waals surface area contributed by atoms with Crippen molar-refractivity contribution in [2.45, 2.75) is 28.4 Å². The number of carbonyl (C=O) groups excluding carboxylic acids is 2. The molecule has 8 nitrogen and oxygen atoms in total. The van der Waals surface area contributed by atoms with Crippen LogP contribution in [-0.4, -0.2) is 57.9 Å². The van der Waals surface area contributed by atoms with Crippen molar-refractivity contribution in [2.75, 3.05) is 37.4 Å². The van der Waals surface area contributed by atoms with Crippen LogP contribution < -0.4 is 21.7 Å². The molecule has 1 heterocycles. The molecule has 0 unspecified atom stereocenters. The van der Waals surface area contributed by atoms with Crippen molar-refractivity contribution in [1.29, 1.82) is 0 Å². The van der Waals surface area contributed by atoms with E-state index >= 15 is 0 Å². The molecule has 2 aromatic rings. The Hall–Kier alpha value is -2.77. The first-order chi connectivity index (χ1) is 16.9. The van der Waals surface area contributed by atoms with Crippen LogP contribution >= 0.6 is 11.8 Å². The van der Waals surface area contributed by atoms with Crippen LogP contribution in [-0.2, 0) is 20.8 Å². The van der Waals surface area contributed by atoms with Gasteiger partial charge in [0.15, 0.2) is 9.84 Å². The summed E-state index contributed by atoms with van der Waals surface area (Å²) in [7, 11) is -3.60. The SMILES string of the molecule is CSc1ccc(S(=O)(=O)C[C@@H]2CCNC[C@@H]2NC(=O)CNC(=O)c2cc(C(F)(F)F)ccc2N)cc1. The molecule has 3 rings (SSSR count). The Morgan fingerprint density at radius 2 is 1.86 bits per heavy atom. The van der Waals surface area contributed by atoms with Gasteiger partial charge in [-0.2, -0.15) is 13.2 Å². The molecule has 196 valence electrons. The van der Waals surface area contributed by atoms with Gasteiger partial charge in [-0.25, -0.2) is 8.42 Å². The zero-order chi connectivity index (χ0) is 26.5. The molecule has 36 heavy (non-hydrogen) atoms. The van der Waals surface area contributed by atoms with E-state index in [4.69, 9.17) is 5.73 Å². The maximum atomic E-state index is 12.9. The Kier molecular flexibility index (Phi) is 8.90. The van der Waals surface area contributed by atoms with Gasteiger partial charge in [0, 0.05) is 23.2 Å². The zero-order valence-electron chi connectivity index (χ0n) is 19.4. The minimum absolute atomic E-state index is 0.159. The number of sulfone groups is 1. The average Bonchev–Trinajstić information content (AvgIpc) is 2.83. The number of alkyl halides is 3. The van der Waals surface area contributed by atoms with Crippen LogP contribution in [0.4, 0.5) is 18.9 Å². The Morgan fingerprint density at radius 1 is 1.17 bits per heavy atom. The number of hydrogen-bond acceptors (Lipinski definition) is 7. The predicted octanol–water partition coefficient (Wildman–Crippen LogP) is 2.31. The van der Waals surface area contributed by atoms with Crippen molar-refractivity contribution in [3.63, 3.8) is 0 Å². The molecular weight excluding hydrogens is 517 g/mol. The summed E-state index contributed by atoms with van der Waals surface area (Å²) in [5.41, 5.74) is 4.05. The van der Waals surface area contributed by atoms with Gasteiger partial charge in [0.1, 0.15) is 0 Å². The van der Waals surface area contributed by atoms with Gasteiger partial charge in [-0.05, 0) is 67.6 Å². The molecule has 0 aromatic heterocycles. The number of hydrogen-bond donors (Lipinski definition) is 4. The third-order valence-electron chi connectivity index (χ3n) is 5.86. The molecule has 1 aliphatic heterocycles. The van der Waals surface area contributed by atoms with Crippen LogP contribution in [0.3, 0.4) is 0 Å². The van der Waals surface area contributed by atoms with E-state index in [0.29, 0.717) is 25.6 Å². The molecule has 1 aliphatic rings. The maximum Gasteiger partial charge on any atom is 0.416 e. The number of carbonyl (C=O) groups is 2. The van der Waals surface area contributed by atoms with Crippen molar-refractivity contribution in [3.8, 4) is 0 Å². The number of piperidine rings is 1. The molecule has 2 aromatic carbocycles. The summed E-state index contributed by atoms with van der Waals surface area (Å²) in [5.74, 6) is -2.06. The largest absolute Gasteiger partial charge is 0.416 e. The van der Waals surface area contributed by atoms with Gasteiger partial charge in [0.2, 0.25) is 5.91 Å². The minimum atomic E-state index is -4.65. The Bertz CT molecular complexity index is 1200. The lowest BCUT2D eigenvalue weighted by Crippen LogP contribution is -2.54. The molecular formula is C23H27F3N4O4S2. The van der Waals surface area contributed by atoms with Crippen LogP contribution in [0, 0.1) is 5.92 Å². The summed E-state index contributed by atoms with van der Waals surface area (Å²) in [4.78, 5) is 26.0. The van der Waals surface area contributed by atoms with E-state index in [9.17, 15) is 31.2 Å². The Balaban J connectivity index is 1.61. The second-order valence-electron chi connectivity index (χ2n) is 8.37. The molecule has 13 heteroatoms. The van der Waals surface area contributed by atoms with Crippen molar-refractivity contribution in [3.05, 3.63) is 53.6 Å². The normalized spacial score (nSPS) is 18.4. The van der Waals surface area contributed by atoms with Crippen molar-refractivity contribution < 1.29 is 31.2 Å². The third-order valence-corrected chi connectivity index (χ3v) is 8.46. The molecule has 2 atom stereocenters. The summed E-state index contributed by atoms with van der Waals surface area (Å²) < 4.78 is 64.7. The predicted molar refractivity (Wildman–Crippen MR) is 131 cm³/mol. The number of benzene rings is 2. The molecule has 1 saturated heterocycles. The van der Waals surface area contributed by atoms with Gasteiger partial charge in [-0.15, -0.1) is 11.8 Å². The highest BCUT2D eigenvalue weighted by Gasteiger charge is 2.33. The van der Waals surface area contributed by atoms with Crippen molar-refractivity contribution >= 4 is 39.1 Å². The highest BCUT2D eigenvalue weighted by Crippen LogP contribution is 2.31. The summed E-state index contributed by atoms with van der Waals surface area (Å²) >= 11 is 1.50. The number of nitrogens with one attached hydrogen (secondary N) is 3. The minimum Gasteiger partial charge on any atom is -0.398 e.